The van der Waals surface area contributed by atoms with Crippen LogP contribution >= 0.6 is 11.6 Å². The van der Waals surface area contributed by atoms with Gasteiger partial charge in [0.05, 0.1) is 10.7 Å². The lowest BCUT2D eigenvalue weighted by atomic mass is 9.94. The minimum Gasteiger partial charge on any atom is -0.396 e. The van der Waals surface area contributed by atoms with Gasteiger partial charge in [-0.15, -0.1) is 5.10 Å². The number of likely N-dealkylation sites (tertiary alicyclic amines) is 1. The average molecular weight is 521 g/mol. The number of rotatable bonds is 11. The summed E-state index contributed by atoms with van der Waals surface area (Å²) in [5, 5.41) is 22.7. The number of aromatic nitrogens is 3. The molecule has 1 unspecified atom stereocenters. The fraction of sp³-hybridized carbons (Fsp3) is 0.600. The second-order valence-electron chi connectivity index (χ2n) is 9.86. The molecule has 196 valence electrons. The number of carbonyl (C=O) groups excluding carboxylic acids is 2. The zero-order valence-electron chi connectivity index (χ0n) is 20.4. The van der Waals surface area contributed by atoms with Gasteiger partial charge in [0.25, 0.3) is 0 Å². The lowest BCUT2D eigenvalue weighted by Gasteiger charge is -2.40. The highest BCUT2D eigenvalue weighted by Gasteiger charge is 2.51. The van der Waals surface area contributed by atoms with Crippen LogP contribution in [-0.2, 0) is 22.7 Å². The maximum absolute atomic E-state index is 13.6. The van der Waals surface area contributed by atoms with Gasteiger partial charge in [-0.05, 0) is 56.7 Å². The smallest absolute Gasteiger partial charge is 0.313 e. The number of piperidine rings is 1. The van der Waals surface area contributed by atoms with E-state index in [0.717, 1.165) is 89.2 Å². The molecule has 2 aromatic rings. The number of aryl methyl sites for hydroxylation is 1. The van der Waals surface area contributed by atoms with Gasteiger partial charge in [-0.25, -0.2) is 4.39 Å². The van der Waals surface area contributed by atoms with E-state index in [9.17, 15) is 14.0 Å². The Bertz CT molecular complexity index is 1060. The first kappa shape index (κ1) is 26.5. The number of nitrogens with one attached hydrogen (secondary N) is 2. The van der Waals surface area contributed by atoms with E-state index in [4.69, 9.17) is 16.7 Å². The van der Waals surface area contributed by atoms with Crippen molar-refractivity contribution in [2.75, 3.05) is 18.5 Å². The number of aliphatic hydroxyl groups excluding tert-OH is 1. The van der Waals surface area contributed by atoms with Crippen LogP contribution in [0.5, 0.6) is 0 Å². The van der Waals surface area contributed by atoms with Crippen LogP contribution in [0.25, 0.3) is 0 Å². The molecule has 36 heavy (non-hydrogen) atoms. The third-order valence-corrected chi connectivity index (χ3v) is 7.38. The van der Waals surface area contributed by atoms with Gasteiger partial charge in [0.1, 0.15) is 5.82 Å². The summed E-state index contributed by atoms with van der Waals surface area (Å²) < 4.78 is 15.5. The monoisotopic (exact) mass is 520 g/mol. The zero-order valence-corrected chi connectivity index (χ0v) is 21.1. The summed E-state index contributed by atoms with van der Waals surface area (Å²) in [6.07, 6.45) is 10.9. The van der Waals surface area contributed by atoms with Crippen LogP contribution in [0.1, 0.15) is 63.5 Å². The average Bonchev–Trinajstić information content (AvgIpc) is 3.47. The molecule has 0 radical (unpaired) electrons. The maximum Gasteiger partial charge on any atom is 0.313 e. The predicted molar refractivity (Wildman–Crippen MR) is 134 cm³/mol. The molecule has 4 rings (SSSR count). The van der Waals surface area contributed by atoms with Gasteiger partial charge in [-0.3, -0.25) is 19.2 Å². The van der Waals surface area contributed by atoms with Crippen LogP contribution < -0.4 is 10.6 Å². The van der Waals surface area contributed by atoms with Gasteiger partial charge in [-0.2, -0.15) is 0 Å². The molecule has 9 nitrogen and oxygen atoms in total. The van der Waals surface area contributed by atoms with Crippen molar-refractivity contribution in [3.63, 3.8) is 0 Å². The SMILES string of the molecule is O=C(Nc1ccc(Cl)c(F)c1)C(=O)NC1CCN(Cc2cn(CCCCCCCO)nn2)C2(CC2)C1. The molecular weight excluding hydrogens is 487 g/mol. The Hall–Kier alpha value is -2.56. The first-order chi connectivity index (χ1) is 17.4. The van der Waals surface area contributed by atoms with Gasteiger partial charge in [0.2, 0.25) is 0 Å². The van der Waals surface area contributed by atoms with Crippen molar-refractivity contribution in [2.24, 2.45) is 0 Å². The summed E-state index contributed by atoms with van der Waals surface area (Å²) in [4.78, 5) is 27.2. The van der Waals surface area contributed by atoms with Crippen LogP contribution in [0.15, 0.2) is 24.4 Å². The zero-order chi connectivity index (χ0) is 25.5. The van der Waals surface area contributed by atoms with E-state index in [1.807, 2.05) is 10.9 Å². The Labute approximate surface area is 215 Å². The van der Waals surface area contributed by atoms with Crippen LogP contribution in [0.3, 0.4) is 0 Å². The Kier molecular flexibility index (Phi) is 8.92. The lowest BCUT2D eigenvalue weighted by Crippen LogP contribution is -2.52. The molecule has 11 heteroatoms. The van der Waals surface area contributed by atoms with Crippen LogP contribution in [-0.4, -0.2) is 61.5 Å². The number of benzene rings is 1. The lowest BCUT2D eigenvalue weighted by molar-refractivity contribution is -0.137. The summed E-state index contributed by atoms with van der Waals surface area (Å²) in [5.41, 5.74) is 1.15. The normalized spacial score (nSPS) is 18.8. The molecule has 1 saturated heterocycles. The van der Waals surface area contributed by atoms with E-state index in [2.05, 4.69) is 25.8 Å². The Balaban J connectivity index is 1.22. The minimum atomic E-state index is -0.825. The van der Waals surface area contributed by atoms with E-state index in [1.165, 1.54) is 12.1 Å². The molecule has 1 atom stereocenters. The minimum absolute atomic E-state index is 0.0302. The number of hydrogen-bond acceptors (Lipinski definition) is 6. The fourth-order valence-electron chi connectivity index (χ4n) is 4.92. The molecule has 1 aromatic carbocycles. The van der Waals surface area contributed by atoms with Crippen molar-refractivity contribution in [2.45, 2.75) is 82.5 Å². The number of halogens is 2. The third kappa shape index (κ3) is 7.02. The molecule has 1 aromatic heterocycles. The first-order valence-electron chi connectivity index (χ1n) is 12.7. The summed E-state index contributed by atoms with van der Waals surface area (Å²) in [6.45, 7) is 2.63. The number of aliphatic hydroxyl groups is 1. The number of hydrogen-bond donors (Lipinski definition) is 3. The van der Waals surface area contributed by atoms with Gasteiger partial charge in [-0.1, -0.05) is 36.1 Å². The molecular formula is C25H34ClFN6O3. The van der Waals surface area contributed by atoms with Crippen molar-refractivity contribution in [1.29, 1.82) is 0 Å². The Morgan fingerprint density at radius 2 is 1.94 bits per heavy atom. The van der Waals surface area contributed by atoms with E-state index in [-0.39, 0.29) is 28.9 Å². The number of amides is 2. The molecule has 2 heterocycles. The van der Waals surface area contributed by atoms with Crippen molar-refractivity contribution in [3.05, 3.63) is 40.9 Å². The summed E-state index contributed by atoms with van der Waals surface area (Å²) in [7, 11) is 0. The second kappa shape index (κ2) is 12.1. The maximum atomic E-state index is 13.6. The molecule has 1 spiro atoms. The van der Waals surface area contributed by atoms with Crippen molar-refractivity contribution < 1.29 is 19.1 Å². The quantitative estimate of drug-likeness (QED) is 0.310. The highest BCUT2D eigenvalue weighted by atomic mass is 35.5. The van der Waals surface area contributed by atoms with Gasteiger partial charge < -0.3 is 15.7 Å². The highest BCUT2D eigenvalue weighted by Crippen LogP contribution is 2.48. The largest absolute Gasteiger partial charge is 0.396 e. The Morgan fingerprint density at radius 3 is 2.69 bits per heavy atom. The molecule has 0 bridgehead atoms. The number of anilines is 1. The van der Waals surface area contributed by atoms with Gasteiger partial charge in [0.15, 0.2) is 0 Å². The predicted octanol–water partition coefficient (Wildman–Crippen LogP) is 3.27. The number of nitrogens with zero attached hydrogens (tertiary/aromatic N) is 4. The first-order valence-corrected chi connectivity index (χ1v) is 13.1. The van der Waals surface area contributed by atoms with Crippen LogP contribution in [0.2, 0.25) is 5.02 Å². The molecule has 1 aliphatic heterocycles. The molecule has 2 aliphatic rings. The van der Waals surface area contributed by atoms with Gasteiger partial charge in [0, 0.05) is 49.7 Å². The van der Waals surface area contributed by atoms with Crippen molar-refractivity contribution >= 4 is 29.1 Å². The molecule has 1 saturated carbocycles. The fourth-order valence-corrected chi connectivity index (χ4v) is 5.04. The molecule has 2 amide bonds. The molecule has 2 fully saturated rings. The summed E-state index contributed by atoms with van der Waals surface area (Å²) >= 11 is 5.66. The van der Waals surface area contributed by atoms with E-state index in [0.29, 0.717) is 0 Å². The van der Waals surface area contributed by atoms with E-state index in [1.54, 1.807) is 0 Å². The standard InChI is InChI=1S/C25H34ClFN6O3/c26-21-7-6-18(14-22(21)27)28-23(35)24(36)29-19-8-12-32(25(15-19)9-10-25)16-20-17-33(31-30-20)11-4-2-1-3-5-13-34/h6-7,14,17,19,34H,1-5,8-13,15-16H2,(H,28,35)(H,29,36). The summed E-state index contributed by atoms with van der Waals surface area (Å²) in [6, 6.07) is 3.77. The Morgan fingerprint density at radius 1 is 1.17 bits per heavy atom. The van der Waals surface area contributed by atoms with Crippen LogP contribution in [0, 0.1) is 5.82 Å². The number of carbonyl (C=O) groups is 2. The topological polar surface area (TPSA) is 112 Å². The number of unbranched alkanes of at least 4 members (excludes halogenated alkanes) is 4. The van der Waals surface area contributed by atoms with Crippen molar-refractivity contribution in [3.8, 4) is 0 Å². The summed E-state index contributed by atoms with van der Waals surface area (Å²) in [5.74, 6) is -2.21. The third-order valence-electron chi connectivity index (χ3n) is 7.08. The van der Waals surface area contributed by atoms with Gasteiger partial charge >= 0.3 is 11.8 Å². The van der Waals surface area contributed by atoms with Crippen molar-refractivity contribution in [1.82, 2.24) is 25.2 Å². The highest BCUT2D eigenvalue weighted by molar-refractivity contribution is 6.39. The molecule has 3 N–H and O–H groups in total. The van der Waals surface area contributed by atoms with E-state index >= 15 is 0 Å². The van der Waals surface area contributed by atoms with E-state index < -0.39 is 17.6 Å². The van der Waals surface area contributed by atoms with Crippen LogP contribution in [0.4, 0.5) is 10.1 Å². The molecule has 1 aliphatic carbocycles. The second-order valence-corrected chi connectivity index (χ2v) is 10.3.